The van der Waals surface area contributed by atoms with Crippen LogP contribution in [-0.4, -0.2) is 55.9 Å². The van der Waals surface area contributed by atoms with Crippen LogP contribution in [0.5, 0.6) is 0 Å². The topological polar surface area (TPSA) is 150 Å². The Bertz CT molecular complexity index is 1550. The van der Waals surface area contributed by atoms with Crippen molar-refractivity contribution in [2.75, 3.05) is 17.8 Å². The summed E-state index contributed by atoms with van der Waals surface area (Å²) in [5.41, 5.74) is 2.39. The van der Waals surface area contributed by atoms with Gasteiger partial charge in [-0.1, -0.05) is 18.2 Å². The maximum atomic E-state index is 12.8. The molecule has 0 aliphatic carbocycles. The van der Waals surface area contributed by atoms with E-state index < -0.39 is 33.9 Å². The minimum Gasteiger partial charge on any atom is -0.475 e. The first-order chi connectivity index (χ1) is 19.6. The van der Waals surface area contributed by atoms with Crippen LogP contribution >= 0.6 is 0 Å². The summed E-state index contributed by atoms with van der Waals surface area (Å²) in [6, 6.07) is 11.4. The highest BCUT2D eigenvalue weighted by Gasteiger charge is 2.38. The highest BCUT2D eigenvalue weighted by Crippen LogP contribution is 2.30. The predicted molar refractivity (Wildman–Crippen MR) is 139 cm³/mol. The van der Waals surface area contributed by atoms with Gasteiger partial charge in [0.25, 0.3) is 10.0 Å². The number of carbonyl (C=O) groups is 2. The summed E-state index contributed by atoms with van der Waals surface area (Å²) < 4.78 is 98.1. The largest absolute Gasteiger partial charge is 0.490 e. The van der Waals surface area contributed by atoms with Gasteiger partial charge in [0, 0.05) is 11.9 Å². The second-order valence-electron chi connectivity index (χ2n) is 8.82. The molecule has 10 nitrogen and oxygen atoms in total. The SMILES string of the molecule is O=C(N/N=C\c1ccc2cccc(NS(=O)(=O)c3ccc(C(F)(F)F)cc3)c2n1)C1CCCNC1.O=C(O)C(F)(F)F. The molecule has 3 aromatic rings. The number of amides is 1. The Morgan fingerprint density at radius 3 is 2.26 bits per heavy atom. The average molecular weight is 620 g/mol. The number of halogens is 6. The number of carbonyl (C=O) groups excluding carboxylic acids is 1. The number of benzene rings is 2. The summed E-state index contributed by atoms with van der Waals surface area (Å²) in [6.45, 7) is 1.48. The number of rotatable bonds is 6. The number of carboxylic acid groups (broad SMARTS) is 1. The van der Waals surface area contributed by atoms with Gasteiger partial charge in [0.2, 0.25) is 5.91 Å². The number of hydrazone groups is 1. The zero-order valence-corrected chi connectivity index (χ0v) is 22.1. The summed E-state index contributed by atoms with van der Waals surface area (Å²) in [5, 5.41) is 14.9. The van der Waals surface area contributed by atoms with Gasteiger partial charge in [-0.2, -0.15) is 31.4 Å². The van der Waals surface area contributed by atoms with Crippen molar-refractivity contribution >= 4 is 44.7 Å². The van der Waals surface area contributed by atoms with E-state index in [1.165, 1.54) is 12.3 Å². The Hall–Kier alpha value is -4.25. The fourth-order valence-corrected chi connectivity index (χ4v) is 4.74. The number of alkyl halides is 6. The highest BCUT2D eigenvalue weighted by atomic mass is 32.2. The molecular weight excluding hydrogens is 596 g/mol. The summed E-state index contributed by atoms with van der Waals surface area (Å²) in [7, 11) is -4.17. The van der Waals surface area contributed by atoms with Crippen LogP contribution < -0.4 is 15.5 Å². The average Bonchev–Trinajstić information content (AvgIpc) is 2.93. The molecule has 1 amide bonds. The quantitative estimate of drug-likeness (QED) is 0.184. The van der Waals surface area contributed by atoms with Crippen molar-refractivity contribution in [3.8, 4) is 0 Å². The van der Waals surface area contributed by atoms with Crippen molar-refractivity contribution in [1.29, 1.82) is 0 Å². The molecule has 1 atom stereocenters. The summed E-state index contributed by atoms with van der Waals surface area (Å²) in [6.07, 6.45) is -6.60. The molecule has 226 valence electrons. The van der Waals surface area contributed by atoms with E-state index in [4.69, 9.17) is 9.90 Å². The van der Waals surface area contributed by atoms with Gasteiger partial charge in [-0.25, -0.2) is 23.6 Å². The van der Waals surface area contributed by atoms with Crippen LogP contribution in [0.3, 0.4) is 0 Å². The van der Waals surface area contributed by atoms with Gasteiger partial charge in [-0.3, -0.25) is 9.52 Å². The Labute approximate surface area is 234 Å². The third kappa shape index (κ3) is 8.87. The maximum absolute atomic E-state index is 12.8. The molecule has 1 aliphatic rings. The number of anilines is 1. The van der Waals surface area contributed by atoms with E-state index in [2.05, 4.69) is 25.6 Å². The molecule has 1 fully saturated rings. The standard InChI is InChI=1S/C23H22F3N5O3S.C2HF3O2/c24-23(25,26)17-7-10-19(11-8-17)35(33,34)31-20-5-1-3-15-6-9-18(29-21(15)20)14-28-30-22(32)16-4-2-12-27-13-16;3-2(4,5)1(6)7/h1,3,5-11,14,16,27,31H,2,4,12-13H2,(H,30,32);(H,6,7)/b28-14-;. The van der Waals surface area contributed by atoms with Crippen LogP contribution in [0.1, 0.15) is 24.1 Å². The van der Waals surface area contributed by atoms with Gasteiger partial charge in [0.05, 0.1) is 39.5 Å². The van der Waals surface area contributed by atoms with E-state index in [-0.39, 0.29) is 22.4 Å². The van der Waals surface area contributed by atoms with E-state index in [9.17, 15) is 39.6 Å². The number of carboxylic acids is 1. The van der Waals surface area contributed by atoms with E-state index in [0.717, 1.165) is 31.5 Å². The number of aromatic nitrogens is 1. The Kier molecular flexibility index (Phi) is 10.1. The number of aliphatic carboxylic acids is 1. The number of pyridine rings is 1. The minimum atomic E-state index is -5.08. The molecule has 1 saturated heterocycles. The molecule has 4 rings (SSSR count). The predicted octanol–water partition coefficient (Wildman–Crippen LogP) is 4.14. The number of fused-ring (bicyclic) bond motifs is 1. The molecule has 1 aromatic heterocycles. The van der Waals surface area contributed by atoms with E-state index in [0.29, 0.717) is 35.3 Å². The first kappa shape index (κ1) is 32.3. The fourth-order valence-electron chi connectivity index (χ4n) is 3.67. The third-order valence-corrected chi connectivity index (χ3v) is 7.14. The zero-order chi connectivity index (χ0) is 31.1. The maximum Gasteiger partial charge on any atom is 0.490 e. The molecule has 17 heteroatoms. The van der Waals surface area contributed by atoms with Crippen molar-refractivity contribution in [3.05, 3.63) is 65.9 Å². The Morgan fingerprint density at radius 1 is 1.02 bits per heavy atom. The normalized spacial score (nSPS) is 16.0. The number of piperidine rings is 1. The first-order valence-electron chi connectivity index (χ1n) is 12.0. The summed E-state index contributed by atoms with van der Waals surface area (Å²) in [4.78, 5) is 25.2. The van der Waals surface area contributed by atoms with Gasteiger partial charge in [-0.15, -0.1) is 0 Å². The molecule has 2 heterocycles. The number of hydrogen-bond acceptors (Lipinski definition) is 7. The molecule has 42 heavy (non-hydrogen) atoms. The van der Waals surface area contributed by atoms with Crippen LogP contribution in [0.4, 0.5) is 32.0 Å². The smallest absolute Gasteiger partial charge is 0.475 e. The van der Waals surface area contributed by atoms with Gasteiger partial charge < -0.3 is 10.4 Å². The van der Waals surface area contributed by atoms with Crippen molar-refractivity contribution in [3.63, 3.8) is 0 Å². The third-order valence-electron chi connectivity index (χ3n) is 5.76. The molecule has 0 saturated carbocycles. The highest BCUT2D eigenvalue weighted by molar-refractivity contribution is 7.92. The number of nitrogens with zero attached hydrogens (tertiary/aromatic N) is 2. The lowest BCUT2D eigenvalue weighted by Crippen LogP contribution is -2.38. The lowest BCUT2D eigenvalue weighted by Gasteiger charge is -2.20. The van der Waals surface area contributed by atoms with Crippen LogP contribution in [0.25, 0.3) is 10.9 Å². The van der Waals surface area contributed by atoms with Gasteiger partial charge in [0.15, 0.2) is 0 Å². The molecule has 1 unspecified atom stereocenters. The van der Waals surface area contributed by atoms with E-state index in [1.807, 2.05) is 0 Å². The van der Waals surface area contributed by atoms with Gasteiger partial charge in [0.1, 0.15) is 0 Å². The fraction of sp³-hybridized carbons (Fsp3) is 0.280. The minimum absolute atomic E-state index is 0.148. The van der Waals surface area contributed by atoms with Crippen molar-refractivity contribution < 1.29 is 49.5 Å². The van der Waals surface area contributed by atoms with Crippen LogP contribution in [0.15, 0.2) is 64.6 Å². The molecule has 0 bridgehead atoms. The van der Waals surface area contributed by atoms with Crippen molar-refractivity contribution in [2.45, 2.75) is 30.1 Å². The first-order valence-corrected chi connectivity index (χ1v) is 13.5. The van der Waals surface area contributed by atoms with Crippen LogP contribution in [0.2, 0.25) is 0 Å². The number of sulfonamides is 1. The van der Waals surface area contributed by atoms with Crippen LogP contribution in [0, 0.1) is 5.92 Å². The van der Waals surface area contributed by atoms with Crippen molar-refractivity contribution in [2.24, 2.45) is 11.0 Å². The second kappa shape index (κ2) is 13.2. The zero-order valence-electron chi connectivity index (χ0n) is 21.3. The van der Waals surface area contributed by atoms with E-state index in [1.54, 1.807) is 24.3 Å². The van der Waals surface area contributed by atoms with Crippen molar-refractivity contribution in [1.82, 2.24) is 15.7 Å². The number of nitrogens with one attached hydrogen (secondary N) is 3. The van der Waals surface area contributed by atoms with Gasteiger partial charge >= 0.3 is 18.3 Å². The molecule has 0 spiro atoms. The molecule has 1 aliphatic heterocycles. The number of hydrogen-bond donors (Lipinski definition) is 4. The van der Waals surface area contributed by atoms with Gasteiger partial charge in [-0.05, 0) is 55.8 Å². The molecule has 0 radical (unpaired) electrons. The van der Waals surface area contributed by atoms with E-state index >= 15 is 0 Å². The summed E-state index contributed by atoms with van der Waals surface area (Å²) in [5.74, 6) is -3.11. The molecule has 4 N–H and O–H groups in total. The Balaban J connectivity index is 0.000000616. The monoisotopic (exact) mass is 619 g/mol. The van der Waals surface area contributed by atoms with Crippen LogP contribution in [-0.2, 0) is 25.8 Å². The lowest BCUT2D eigenvalue weighted by atomic mass is 9.99. The summed E-state index contributed by atoms with van der Waals surface area (Å²) >= 11 is 0. The lowest BCUT2D eigenvalue weighted by molar-refractivity contribution is -0.192. The molecule has 2 aromatic carbocycles. The number of para-hydroxylation sites is 1. The second-order valence-corrected chi connectivity index (χ2v) is 10.5. The Morgan fingerprint density at radius 2 is 1.69 bits per heavy atom. The molecular formula is C25H23F6N5O5S.